The van der Waals surface area contributed by atoms with Crippen molar-refractivity contribution < 1.29 is 4.74 Å². The molecule has 3 saturated heterocycles. The van der Waals surface area contributed by atoms with Crippen LogP contribution in [0.2, 0.25) is 0 Å². The van der Waals surface area contributed by atoms with Gasteiger partial charge in [0, 0.05) is 49.2 Å². The summed E-state index contributed by atoms with van der Waals surface area (Å²) in [6.07, 6.45) is 11.1. The quantitative estimate of drug-likeness (QED) is 0.833. The Morgan fingerprint density at radius 1 is 0.852 bits per heavy atom. The molecule has 6 heteroatoms. The van der Waals surface area contributed by atoms with E-state index >= 15 is 0 Å². The van der Waals surface area contributed by atoms with Crippen molar-refractivity contribution in [3.8, 4) is 11.3 Å². The van der Waals surface area contributed by atoms with E-state index in [1.807, 2.05) is 12.4 Å². The standard InChI is InChI=1S/C21H27N5O/c1-5-21(6-2-8-25(7-1)16-21)18-3-4-19(22-15-18)17-13-23-20(24-14-17)26-9-11-27-12-10-26/h3-4,13-15H,1-2,5-12,16H2. The summed E-state index contributed by atoms with van der Waals surface area (Å²) in [6.45, 7) is 6.92. The van der Waals surface area contributed by atoms with Crippen LogP contribution in [0.4, 0.5) is 5.95 Å². The number of morpholine rings is 1. The highest BCUT2D eigenvalue weighted by Gasteiger charge is 2.39. The normalized spacial score (nSPS) is 28.1. The molecule has 5 rings (SSSR count). The van der Waals surface area contributed by atoms with E-state index in [-0.39, 0.29) is 0 Å². The molecule has 2 aromatic heterocycles. The van der Waals surface area contributed by atoms with Gasteiger partial charge < -0.3 is 14.5 Å². The lowest BCUT2D eigenvalue weighted by atomic mass is 9.69. The second kappa shape index (κ2) is 7.17. The van der Waals surface area contributed by atoms with Gasteiger partial charge in [0.05, 0.1) is 18.9 Å². The van der Waals surface area contributed by atoms with Gasteiger partial charge in [-0.1, -0.05) is 6.07 Å². The fourth-order valence-electron chi connectivity index (χ4n) is 4.90. The Bertz CT molecular complexity index is 760. The minimum absolute atomic E-state index is 0.318. The van der Waals surface area contributed by atoms with Crippen LogP contribution in [0.1, 0.15) is 31.2 Å². The minimum Gasteiger partial charge on any atom is -0.378 e. The maximum Gasteiger partial charge on any atom is 0.225 e. The number of fused-ring (bicyclic) bond motifs is 2. The molecule has 3 aliphatic heterocycles. The number of rotatable bonds is 3. The second-order valence-electron chi connectivity index (χ2n) is 8.07. The lowest BCUT2D eigenvalue weighted by Gasteiger charge is -2.47. The van der Waals surface area contributed by atoms with Crippen molar-refractivity contribution in [1.82, 2.24) is 19.9 Å². The molecular formula is C21H27N5O. The van der Waals surface area contributed by atoms with Gasteiger partial charge in [-0.05, 0) is 50.4 Å². The number of nitrogens with zero attached hydrogens (tertiary/aromatic N) is 5. The molecular weight excluding hydrogens is 338 g/mol. The van der Waals surface area contributed by atoms with Gasteiger partial charge in [0.1, 0.15) is 0 Å². The molecule has 0 saturated carbocycles. The Hall–Kier alpha value is -2.05. The average Bonchev–Trinajstić information content (AvgIpc) is 2.75. The van der Waals surface area contributed by atoms with Crippen molar-refractivity contribution in [2.45, 2.75) is 31.1 Å². The zero-order chi connectivity index (χ0) is 18.1. The summed E-state index contributed by atoms with van der Waals surface area (Å²) in [7, 11) is 0. The third kappa shape index (κ3) is 3.32. The van der Waals surface area contributed by atoms with Crippen molar-refractivity contribution in [2.75, 3.05) is 50.8 Å². The number of pyridine rings is 1. The molecule has 2 aromatic rings. The molecule has 0 N–H and O–H groups in total. The number of hydrogen-bond donors (Lipinski definition) is 0. The maximum atomic E-state index is 5.39. The molecule has 0 spiro atoms. The third-order valence-corrected chi connectivity index (χ3v) is 6.39. The summed E-state index contributed by atoms with van der Waals surface area (Å²) in [6, 6.07) is 4.43. The summed E-state index contributed by atoms with van der Waals surface area (Å²) in [5.74, 6) is 0.780. The largest absolute Gasteiger partial charge is 0.378 e. The van der Waals surface area contributed by atoms with Gasteiger partial charge in [-0.3, -0.25) is 4.98 Å². The molecule has 3 fully saturated rings. The highest BCUT2D eigenvalue weighted by atomic mass is 16.5. The Labute approximate surface area is 160 Å². The van der Waals surface area contributed by atoms with Crippen LogP contribution in [-0.4, -0.2) is 65.8 Å². The second-order valence-corrected chi connectivity index (χ2v) is 8.07. The zero-order valence-electron chi connectivity index (χ0n) is 15.8. The molecule has 0 radical (unpaired) electrons. The zero-order valence-corrected chi connectivity index (χ0v) is 15.8. The van der Waals surface area contributed by atoms with Crippen molar-refractivity contribution in [1.29, 1.82) is 0 Å². The van der Waals surface area contributed by atoms with Gasteiger partial charge >= 0.3 is 0 Å². The molecule has 0 unspecified atom stereocenters. The molecule has 3 aliphatic rings. The number of anilines is 1. The maximum absolute atomic E-state index is 5.39. The summed E-state index contributed by atoms with van der Waals surface area (Å²) in [5, 5.41) is 0. The molecule has 0 atom stereocenters. The predicted octanol–water partition coefficient (Wildman–Crippen LogP) is 2.50. The van der Waals surface area contributed by atoms with Gasteiger partial charge in [0.2, 0.25) is 5.95 Å². The fraction of sp³-hybridized carbons (Fsp3) is 0.571. The Kier molecular flexibility index (Phi) is 4.53. The van der Waals surface area contributed by atoms with Crippen molar-refractivity contribution in [3.05, 3.63) is 36.3 Å². The first-order valence-electron chi connectivity index (χ1n) is 10.2. The SMILES string of the molecule is c1nc(N2CCOCC2)ncc1-c1ccc(C23CCCN(CCC2)C3)cn1. The number of ether oxygens (including phenoxy) is 1. The molecule has 6 nitrogen and oxygen atoms in total. The van der Waals surface area contributed by atoms with Gasteiger partial charge in [0.15, 0.2) is 0 Å². The first-order chi connectivity index (χ1) is 13.3. The number of piperidine rings is 2. The van der Waals surface area contributed by atoms with Crippen LogP contribution in [0.25, 0.3) is 11.3 Å². The third-order valence-electron chi connectivity index (χ3n) is 6.39. The molecule has 27 heavy (non-hydrogen) atoms. The lowest BCUT2D eigenvalue weighted by molar-refractivity contribution is 0.0941. The van der Waals surface area contributed by atoms with E-state index in [4.69, 9.17) is 9.72 Å². The van der Waals surface area contributed by atoms with Crippen molar-refractivity contribution >= 4 is 5.95 Å². The van der Waals surface area contributed by atoms with E-state index in [0.717, 1.165) is 43.5 Å². The predicted molar refractivity (Wildman–Crippen MR) is 105 cm³/mol. The lowest BCUT2D eigenvalue weighted by Crippen LogP contribution is -2.50. The first-order valence-corrected chi connectivity index (χ1v) is 10.2. The molecule has 2 bridgehead atoms. The van der Waals surface area contributed by atoms with Crippen LogP contribution >= 0.6 is 0 Å². The first kappa shape index (κ1) is 17.1. The van der Waals surface area contributed by atoms with E-state index in [1.165, 1.54) is 50.9 Å². The molecule has 0 aromatic carbocycles. The van der Waals surface area contributed by atoms with Crippen LogP contribution < -0.4 is 4.90 Å². The Morgan fingerprint density at radius 3 is 2.26 bits per heavy atom. The van der Waals surface area contributed by atoms with Gasteiger partial charge in [-0.15, -0.1) is 0 Å². The van der Waals surface area contributed by atoms with Gasteiger partial charge in [-0.2, -0.15) is 0 Å². The van der Waals surface area contributed by atoms with Crippen LogP contribution in [0, 0.1) is 0 Å². The molecule has 0 amide bonds. The highest BCUT2D eigenvalue weighted by molar-refractivity contribution is 5.58. The highest BCUT2D eigenvalue weighted by Crippen LogP contribution is 2.41. The van der Waals surface area contributed by atoms with Crippen LogP contribution in [0.5, 0.6) is 0 Å². The summed E-state index contributed by atoms with van der Waals surface area (Å²) in [5.41, 5.74) is 3.65. The molecule has 0 aliphatic carbocycles. The molecule has 5 heterocycles. The van der Waals surface area contributed by atoms with Crippen molar-refractivity contribution in [3.63, 3.8) is 0 Å². The fourth-order valence-corrected chi connectivity index (χ4v) is 4.90. The van der Waals surface area contributed by atoms with E-state index in [2.05, 4.69) is 38.1 Å². The summed E-state index contributed by atoms with van der Waals surface area (Å²) < 4.78 is 5.39. The van der Waals surface area contributed by atoms with E-state index in [9.17, 15) is 0 Å². The van der Waals surface area contributed by atoms with E-state index in [1.54, 1.807) is 0 Å². The van der Waals surface area contributed by atoms with Crippen LogP contribution in [0.15, 0.2) is 30.7 Å². The van der Waals surface area contributed by atoms with Gasteiger partial charge in [0.25, 0.3) is 0 Å². The Balaban J connectivity index is 1.34. The molecule has 142 valence electrons. The van der Waals surface area contributed by atoms with Crippen molar-refractivity contribution in [2.24, 2.45) is 0 Å². The monoisotopic (exact) mass is 365 g/mol. The smallest absolute Gasteiger partial charge is 0.225 e. The van der Waals surface area contributed by atoms with E-state index in [0.29, 0.717) is 5.41 Å². The van der Waals surface area contributed by atoms with Gasteiger partial charge in [-0.25, -0.2) is 9.97 Å². The van der Waals surface area contributed by atoms with E-state index < -0.39 is 0 Å². The average molecular weight is 365 g/mol. The minimum atomic E-state index is 0.318. The topological polar surface area (TPSA) is 54.4 Å². The summed E-state index contributed by atoms with van der Waals surface area (Å²) >= 11 is 0. The summed E-state index contributed by atoms with van der Waals surface area (Å²) in [4.78, 5) is 18.7. The van der Waals surface area contributed by atoms with Crippen LogP contribution in [0.3, 0.4) is 0 Å². The number of hydrogen-bond acceptors (Lipinski definition) is 6. The van der Waals surface area contributed by atoms with Crippen LogP contribution in [-0.2, 0) is 10.2 Å². The number of aromatic nitrogens is 3. The Morgan fingerprint density at radius 2 is 1.59 bits per heavy atom.